The minimum absolute atomic E-state index is 0.0344. The summed E-state index contributed by atoms with van der Waals surface area (Å²) < 4.78 is 1.65. The SMILES string of the molecule is Cc1cc(C(=O)N2CCN(C)C(=O)C2C)c2cnn(C)c2n1. The highest BCUT2D eigenvalue weighted by Gasteiger charge is 2.33. The van der Waals surface area contributed by atoms with E-state index in [2.05, 4.69) is 10.1 Å². The van der Waals surface area contributed by atoms with E-state index in [9.17, 15) is 9.59 Å². The first kappa shape index (κ1) is 14.5. The summed E-state index contributed by atoms with van der Waals surface area (Å²) >= 11 is 0. The Morgan fingerprint density at radius 3 is 2.77 bits per heavy atom. The number of pyridine rings is 1. The highest BCUT2D eigenvalue weighted by atomic mass is 16.2. The summed E-state index contributed by atoms with van der Waals surface area (Å²) in [6.45, 7) is 4.70. The van der Waals surface area contributed by atoms with Gasteiger partial charge in [0.05, 0.1) is 17.1 Å². The molecule has 0 spiro atoms. The minimum atomic E-state index is -0.452. The van der Waals surface area contributed by atoms with E-state index < -0.39 is 6.04 Å². The smallest absolute Gasteiger partial charge is 0.255 e. The normalized spacial score (nSPS) is 19.1. The number of hydrogen-bond donors (Lipinski definition) is 0. The van der Waals surface area contributed by atoms with E-state index in [-0.39, 0.29) is 11.8 Å². The number of rotatable bonds is 1. The van der Waals surface area contributed by atoms with Gasteiger partial charge in [-0.2, -0.15) is 5.10 Å². The molecule has 1 saturated heterocycles. The zero-order valence-electron chi connectivity index (χ0n) is 13.2. The van der Waals surface area contributed by atoms with Crippen LogP contribution in [0, 0.1) is 6.92 Å². The number of aryl methyl sites for hydroxylation is 2. The Balaban J connectivity index is 2.04. The fourth-order valence-corrected chi connectivity index (χ4v) is 2.86. The molecule has 7 nitrogen and oxygen atoms in total. The van der Waals surface area contributed by atoms with Crippen molar-refractivity contribution >= 4 is 22.8 Å². The van der Waals surface area contributed by atoms with Crippen molar-refractivity contribution in [2.45, 2.75) is 19.9 Å². The number of aromatic nitrogens is 3. The quantitative estimate of drug-likeness (QED) is 0.772. The summed E-state index contributed by atoms with van der Waals surface area (Å²) in [6, 6.07) is 1.31. The number of fused-ring (bicyclic) bond motifs is 1. The first-order chi connectivity index (χ1) is 10.4. The second kappa shape index (κ2) is 5.08. The highest BCUT2D eigenvalue weighted by molar-refractivity contribution is 6.07. The molecule has 3 heterocycles. The molecule has 1 aliphatic rings. The van der Waals surface area contributed by atoms with Gasteiger partial charge in [0.1, 0.15) is 6.04 Å². The lowest BCUT2D eigenvalue weighted by atomic mass is 10.1. The lowest BCUT2D eigenvalue weighted by Gasteiger charge is -2.37. The topological polar surface area (TPSA) is 71.3 Å². The molecule has 1 aliphatic heterocycles. The maximum Gasteiger partial charge on any atom is 0.255 e. The Bertz CT molecular complexity index is 767. The zero-order valence-corrected chi connectivity index (χ0v) is 13.2. The number of likely N-dealkylation sites (N-methyl/N-ethyl adjacent to an activating group) is 1. The van der Waals surface area contributed by atoms with Crippen molar-refractivity contribution in [2.24, 2.45) is 7.05 Å². The van der Waals surface area contributed by atoms with Crippen LogP contribution < -0.4 is 0 Å². The van der Waals surface area contributed by atoms with Crippen LogP contribution in [-0.4, -0.2) is 62.6 Å². The maximum absolute atomic E-state index is 12.9. The first-order valence-corrected chi connectivity index (χ1v) is 7.25. The standard InChI is InChI=1S/C15H19N5O2/c1-9-7-11(12-8-16-19(4)13(12)17-9)15(22)20-6-5-18(3)14(21)10(20)2/h7-8,10H,5-6H2,1-4H3. The maximum atomic E-state index is 12.9. The van der Waals surface area contributed by atoms with Crippen LogP contribution in [0.15, 0.2) is 12.3 Å². The van der Waals surface area contributed by atoms with E-state index in [1.165, 1.54) is 0 Å². The van der Waals surface area contributed by atoms with E-state index >= 15 is 0 Å². The number of hydrogen-bond acceptors (Lipinski definition) is 4. The third-order valence-corrected chi connectivity index (χ3v) is 4.20. The highest BCUT2D eigenvalue weighted by Crippen LogP contribution is 2.21. The van der Waals surface area contributed by atoms with Crippen LogP contribution in [0.4, 0.5) is 0 Å². The molecule has 0 aliphatic carbocycles. The van der Waals surface area contributed by atoms with E-state index in [0.717, 1.165) is 11.1 Å². The average molecular weight is 301 g/mol. The van der Waals surface area contributed by atoms with Crippen LogP contribution in [0.1, 0.15) is 23.0 Å². The van der Waals surface area contributed by atoms with Gasteiger partial charge in [0.2, 0.25) is 5.91 Å². The molecule has 7 heteroatoms. The largest absolute Gasteiger partial charge is 0.342 e. The van der Waals surface area contributed by atoms with Crippen LogP contribution in [0.25, 0.3) is 11.0 Å². The number of carbonyl (C=O) groups excluding carboxylic acids is 2. The van der Waals surface area contributed by atoms with E-state index in [1.54, 1.807) is 47.8 Å². The summed E-state index contributed by atoms with van der Waals surface area (Å²) in [5, 5.41) is 4.90. The molecule has 2 aromatic heterocycles. The molecule has 2 amide bonds. The van der Waals surface area contributed by atoms with Gasteiger partial charge in [-0.1, -0.05) is 0 Å². The monoisotopic (exact) mass is 301 g/mol. The van der Waals surface area contributed by atoms with Crippen molar-refractivity contribution in [1.82, 2.24) is 24.6 Å². The van der Waals surface area contributed by atoms with E-state index in [4.69, 9.17) is 0 Å². The number of nitrogens with zero attached hydrogens (tertiary/aromatic N) is 5. The Labute approximate surface area is 128 Å². The van der Waals surface area contributed by atoms with Gasteiger partial charge < -0.3 is 9.80 Å². The molecule has 2 aromatic rings. The van der Waals surface area contributed by atoms with E-state index in [1.807, 2.05) is 6.92 Å². The summed E-state index contributed by atoms with van der Waals surface area (Å²) in [5.74, 6) is -0.176. The van der Waals surface area contributed by atoms with Gasteiger partial charge in [-0.05, 0) is 19.9 Å². The lowest BCUT2D eigenvalue weighted by Crippen LogP contribution is -2.56. The van der Waals surface area contributed by atoms with Crippen molar-refractivity contribution in [3.8, 4) is 0 Å². The molecule has 3 rings (SSSR count). The fourth-order valence-electron chi connectivity index (χ4n) is 2.86. The number of amides is 2. The molecule has 0 N–H and O–H groups in total. The van der Waals surface area contributed by atoms with Crippen molar-refractivity contribution in [3.63, 3.8) is 0 Å². The molecule has 0 saturated carbocycles. The molecule has 1 atom stereocenters. The zero-order chi connectivity index (χ0) is 16.0. The summed E-state index contributed by atoms with van der Waals surface area (Å²) in [7, 11) is 3.56. The van der Waals surface area contributed by atoms with Gasteiger partial charge >= 0.3 is 0 Å². The Morgan fingerprint density at radius 1 is 1.32 bits per heavy atom. The molecule has 1 unspecified atom stereocenters. The van der Waals surface area contributed by atoms with Crippen LogP contribution in [-0.2, 0) is 11.8 Å². The first-order valence-electron chi connectivity index (χ1n) is 7.25. The van der Waals surface area contributed by atoms with Crippen molar-refractivity contribution in [1.29, 1.82) is 0 Å². The van der Waals surface area contributed by atoms with Gasteiger partial charge in [0, 0.05) is 32.9 Å². The Kier molecular flexibility index (Phi) is 3.35. The van der Waals surface area contributed by atoms with Crippen molar-refractivity contribution < 1.29 is 9.59 Å². The molecule has 116 valence electrons. The molecular weight excluding hydrogens is 282 g/mol. The molecule has 0 aromatic carbocycles. The average Bonchev–Trinajstić information content (AvgIpc) is 2.85. The van der Waals surface area contributed by atoms with Gasteiger partial charge in [0.25, 0.3) is 5.91 Å². The second-order valence-corrected chi connectivity index (χ2v) is 5.75. The predicted octanol–water partition coefficient (Wildman–Crippen LogP) is 0.579. The number of carbonyl (C=O) groups is 2. The summed E-state index contributed by atoms with van der Waals surface area (Å²) in [5.41, 5.74) is 1.99. The van der Waals surface area contributed by atoms with E-state index in [0.29, 0.717) is 24.3 Å². The van der Waals surface area contributed by atoms with Crippen molar-refractivity contribution in [3.05, 3.63) is 23.5 Å². The third kappa shape index (κ3) is 2.13. The molecular formula is C15H19N5O2. The predicted molar refractivity (Wildman–Crippen MR) is 81.4 cm³/mol. The van der Waals surface area contributed by atoms with Gasteiger partial charge in [-0.3, -0.25) is 14.3 Å². The molecule has 0 radical (unpaired) electrons. The van der Waals surface area contributed by atoms with Gasteiger partial charge in [-0.25, -0.2) is 4.98 Å². The summed E-state index contributed by atoms with van der Waals surface area (Å²) in [4.78, 5) is 32.7. The lowest BCUT2D eigenvalue weighted by molar-refractivity contribution is -0.137. The van der Waals surface area contributed by atoms with Gasteiger partial charge in [0.15, 0.2) is 5.65 Å². The molecule has 22 heavy (non-hydrogen) atoms. The van der Waals surface area contributed by atoms with Crippen LogP contribution >= 0.6 is 0 Å². The van der Waals surface area contributed by atoms with Gasteiger partial charge in [-0.15, -0.1) is 0 Å². The molecule has 0 bridgehead atoms. The third-order valence-electron chi connectivity index (χ3n) is 4.20. The van der Waals surface area contributed by atoms with Crippen LogP contribution in [0.3, 0.4) is 0 Å². The number of piperazine rings is 1. The second-order valence-electron chi connectivity index (χ2n) is 5.75. The van der Waals surface area contributed by atoms with Crippen LogP contribution in [0.5, 0.6) is 0 Å². The fraction of sp³-hybridized carbons (Fsp3) is 0.467. The Morgan fingerprint density at radius 2 is 2.05 bits per heavy atom. The summed E-state index contributed by atoms with van der Waals surface area (Å²) in [6.07, 6.45) is 1.65. The van der Waals surface area contributed by atoms with Crippen molar-refractivity contribution in [2.75, 3.05) is 20.1 Å². The van der Waals surface area contributed by atoms with Crippen LogP contribution in [0.2, 0.25) is 0 Å². The molecule has 1 fully saturated rings. The Hall–Kier alpha value is -2.44. The minimum Gasteiger partial charge on any atom is -0.342 e.